The quantitative estimate of drug-likeness (QED) is 0.725. The maximum absolute atomic E-state index is 12.0. The van der Waals surface area contributed by atoms with Crippen LogP contribution in [0.1, 0.15) is 26.2 Å². The fourth-order valence-corrected chi connectivity index (χ4v) is 3.95. The molecule has 0 aromatic carbocycles. The molecule has 2 aliphatic rings. The van der Waals surface area contributed by atoms with Crippen LogP contribution in [0, 0.1) is 0 Å². The van der Waals surface area contributed by atoms with E-state index in [1.54, 1.807) is 0 Å². The molecule has 0 aromatic rings. The molecule has 2 heterocycles. The van der Waals surface area contributed by atoms with Gasteiger partial charge in [-0.25, -0.2) is 13.1 Å². The Bertz CT molecular complexity index is 319. The Labute approximate surface area is 97.0 Å². The Morgan fingerprint density at radius 1 is 1.44 bits per heavy atom. The third kappa shape index (κ3) is 2.74. The smallest absolute Gasteiger partial charge is 0.216 e. The molecule has 2 fully saturated rings. The van der Waals surface area contributed by atoms with Crippen LogP contribution in [-0.2, 0) is 14.8 Å². The predicted octanol–water partition coefficient (Wildman–Crippen LogP) is -0.165. The van der Waals surface area contributed by atoms with Gasteiger partial charge in [-0.2, -0.15) is 0 Å². The van der Waals surface area contributed by atoms with Crippen molar-refractivity contribution < 1.29 is 13.2 Å². The third-order valence-electron chi connectivity index (χ3n) is 3.33. The molecule has 0 saturated carbocycles. The van der Waals surface area contributed by atoms with Gasteiger partial charge in [0.2, 0.25) is 10.0 Å². The van der Waals surface area contributed by atoms with Crippen LogP contribution in [0.15, 0.2) is 0 Å². The largest absolute Gasteiger partial charge is 0.377 e. The van der Waals surface area contributed by atoms with Gasteiger partial charge in [-0.05, 0) is 32.7 Å². The molecule has 0 amide bonds. The van der Waals surface area contributed by atoms with E-state index in [0.29, 0.717) is 13.0 Å². The van der Waals surface area contributed by atoms with Crippen molar-refractivity contribution in [3.63, 3.8) is 0 Å². The molecule has 3 unspecified atom stereocenters. The monoisotopic (exact) mass is 248 g/mol. The number of nitrogens with one attached hydrogen (secondary N) is 2. The van der Waals surface area contributed by atoms with Gasteiger partial charge in [-0.3, -0.25) is 0 Å². The van der Waals surface area contributed by atoms with Gasteiger partial charge >= 0.3 is 0 Å². The molecule has 5 nitrogen and oxygen atoms in total. The summed E-state index contributed by atoms with van der Waals surface area (Å²) in [4.78, 5) is 0. The summed E-state index contributed by atoms with van der Waals surface area (Å²) in [6.45, 7) is 3.99. The average molecular weight is 248 g/mol. The molecule has 94 valence electrons. The first-order chi connectivity index (χ1) is 7.59. The molecule has 0 radical (unpaired) electrons. The number of ether oxygens (including phenoxy) is 1. The standard InChI is InChI=1S/C10H20N2O3S/c1-8(10-3-2-6-15-10)12-16(13,14)9-4-5-11-7-9/h8-12H,2-7H2,1H3. The Morgan fingerprint density at radius 2 is 2.25 bits per heavy atom. The zero-order valence-corrected chi connectivity index (χ0v) is 10.4. The summed E-state index contributed by atoms with van der Waals surface area (Å²) < 4.78 is 32.2. The minimum atomic E-state index is -3.19. The van der Waals surface area contributed by atoms with Gasteiger partial charge in [0.05, 0.1) is 11.4 Å². The van der Waals surface area contributed by atoms with Crippen LogP contribution in [0.2, 0.25) is 0 Å². The molecule has 2 rings (SSSR count). The lowest BCUT2D eigenvalue weighted by Gasteiger charge is -2.21. The minimum Gasteiger partial charge on any atom is -0.377 e. The third-order valence-corrected chi connectivity index (χ3v) is 5.31. The van der Waals surface area contributed by atoms with Crippen molar-refractivity contribution in [3.05, 3.63) is 0 Å². The summed E-state index contributed by atoms with van der Waals surface area (Å²) in [6, 6.07) is -0.118. The number of hydrogen-bond acceptors (Lipinski definition) is 4. The lowest BCUT2D eigenvalue weighted by Crippen LogP contribution is -2.45. The number of sulfonamides is 1. The van der Waals surface area contributed by atoms with Crippen molar-refractivity contribution in [3.8, 4) is 0 Å². The summed E-state index contributed by atoms with van der Waals surface area (Å²) in [7, 11) is -3.19. The fraction of sp³-hybridized carbons (Fsp3) is 1.00. The molecule has 6 heteroatoms. The lowest BCUT2D eigenvalue weighted by molar-refractivity contribution is 0.0901. The highest BCUT2D eigenvalue weighted by atomic mass is 32.2. The van der Waals surface area contributed by atoms with Gasteiger partial charge < -0.3 is 10.1 Å². The van der Waals surface area contributed by atoms with E-state index >= 15 is 0 Å². The first kappa shape index (κ1) is 12.3. The van der Waals surface area contributed by atoms with Crippen LogP contribution in [0.4, 0.5) is 0 Å². The molecular formula is C10H20N2O3S. The average Bonchev–Trinajstić information content (AvgIpc) is 2.91. The normalized spacial score (nSPS) is 33.1. The summed E-state index contributed by atoms with van der Waals surface area (Å²) >= 11 is 0. The molecule has 2 N–H and O–H groups in total. The first-order valence-electron chi connectivity index (χ1n) is 5.93. The zero-order chi connectivity index (χ0) is 11.6. The summed E-state index contributed by atoms with van der Waals surface area (Å²) in [5.74, 6) is 0. The fourth-order valence-electron chi connectivity index (χ4n) is 2.32. The van der Waals surface area contributed by atoms with E-state index in [1.165, 1.54) is 0 Å². The van der Waals surface area contributed by atoms with Crippen molar-refractivity contribution in [2.24, 2.45) is 0 Å². The Kier molecular flexibility index (Phi) is 3.84. The number of hydrogen-bond donors (Lipinski definition) is 2. The molecule has 0 spiro atoms. The number of rotatable bonds is 4. The molecular weight excluding hydrogens is 228 g/mol. The highest BCUT2D eigenvalue weighted by Gasteiger charge is 2.32. The van der Waals surface area contributed by atoms with Gasteiger partial charge in [0.1, 0.15) is 0 Å². The van der Waals surface area contributed by atoms with E-state index in [0.717, 1.165) is 26.0 Å². The van der Waals surface area contributed by atoms with Gasteiger partial charge in [-0.1, -0.05) is 0 Å². The Morgan fingerprint density at radius 3 is 2.81 bits per heavy atom. The van der Waals surface area contributed by atoms with Gasteiger partial charge in [0, 0.05) is 19.2 Å². The van der Waals surface area contributed by atoms with E-state index in [-0.39, 0.29) is 17.4 Å². The van der Waals surface area contributed by atoms with Gasteiger partial charge in [-0.15, -0.1) is 0 Å². The highest BCUT2D eigenvalue weighted by Crippen LogP contribution is 2.17. The molecule has 16 heavy (non-hydrogen) atoms. The van der Waals surface area contributed by atoms with E-state index < -0.39 is 10.0 Å². The van der Waals surface area contributed by atoms with E-state index in [2.05, 4.69) is 10.0 Å². The Balaban J connectivity index is 1.91. The van der Waals surface area contributed by atoms with E-state index in [1.807, 2.05) is 6.92 Å². The summed E-state index contributed by atoms with van der Waals surface area (Å²) in [6.07, 6.45) is 2.73. The van der Waals surface area contributed by atoms with Crippen LogP contribution in [0.3, 0.4) is 0 Å². The van der Waals surface area contributed by atoms with Crippen LogP contribution in [0.5, 0.6) is 0 Å². The van der Waals surface area contributed by atoms with E-state index in [4.69, 9.17) is 4.74 Å². The van der Waals surface area contributed by atoms with Gasteiger partial charge in [0.15, 0.2) is 0 Å². The summed E-state index contributed by atoms with van der Waals surface area (Å²) in [5, 5.41) is 2.79. The Hall–Kier alpha value is -0.170. The van der Waals surface area contributed by atoms with Crippen molar-refractivity contribution in [1.29, 1.82) is 0 Å². The van der Waals surface area contributed by atoms with Crippen molar-refractivity contribution in [1.82, 2.24) is 10.0 Å². The first-order valence-corrected chi connectivity index (χ1v) is 7.48. The maximum atomic E-state index is 12.0. The molecule has 0 bridgehead atoms. The lowest BCUT2D eigenvalue weighted by atomic mass is 10.1. The topological polar surface area (TPSA) is 67.4 Å². The predicted molar refractivity (Wildman–Crippen MR) is 61.8 cm³/mol. The summed E-state index contributed by atoms with van der Waals surface area (Å²) in [5.41, 5.74) is 0. The zero-order valence-electron chi connectivity index (χ0n) is 9.61. The molecule has 3 atom stereocenters. The second-order valence-electron chi connectivity index (χ2n) is 4.62. The van der Waals surface area contributed by atoms with Crippen LogP contribution in [-0.4, -0.2) is 45.5 Å². The SMILES string of the molecule is CC(NS(=O)(=O)C1CCNC1)C1CCCO1. The minimum absolute atomic E-state index is 0.0455. The van der Waals surface area contributed by atoms with Crippen molar-refractivity contribution in [2.75, 3.05) is 19.7 Å². The maximum Gasteiger partial charge on any atom is 0.216 e. The van der Waals surface area contributed by atoms with Crippen molar-refractivity contribution >= 4 is 10.0 Å². The van der Waals surface area contributed by atoms with Gasteiger partial charge in [0.25, 0.3) is 0 Å². The highest BCUT2D eigenvalue weighted by molar-refractivity contribution is 7.90. The molecule has 0 aliphatic carbocycles. The van der Waals surface area contributed by atoms with Crippen LogP contribution < -0.4 is 10.0 Å². The van der Waals surface area contributed by atoms with Crippen LogP contribution in [0.25, 0.3) is 0 Å². The van der Waals surface area contributed by atoms with Crippen molar-refractivity contribution in [2.45, 2.75) is 43.6 Å². The van der Waals surface area contributed by atoms with Crippen LogP contribution >= 0.6 is 0 Å². The molecule has 0 aromatic heterocycles. The second-order valence-corrected chi connectivity index (χ2v) is 6.61. The van der Waals surface area contributed by atoms with E-state index in [9.17, 15) is 8.42 Å². The molecule has 2 aliphatic heterocycles. The second kappa shape index (κ2) is 5.00. The molecule has 2 saturated heterocycles.